The van der Waals surface area contributed by atoms with E-state index < -0.39 is 18.1 Å². The van der Waals surface area contributed by atoms with Gasteiger partial charge in [0.15, 0.2) is 5.78 Å². The fraction of sp³-hybridized carbons (Fsp3) is 0.933. The summed E-state index contributed by atoms with van der Waals surface area (Å²) < 4.78 is 0. The van der Waals surface area contributed by atoms with E-state index in [2.05, 4.69) is 20.8 Å². The Bertz CT molecular complexity index is 403. The Hall–Kier alpha value is -0.410. The van der Waals surface area contributed by atoms with Gasteiger partial charge in [0.1, 0.15) is 6.61 Å². The molecule has 0 heterocycles. The molecule has 0 bridgehead atoms. The van der Waals surface area contributed by atoms with E-state index >= 15 is 0 Å². The van der Waals surface area contributed by atoms with Crippen LogP contribution in [0.4, 0.5) is 0 Å². The first-order valence-corrected chi connectivity index (χ1v) is 7.11. The molecule has 3 heteroatoms. The molecule has 0 spiro atoms. The van der Waals surface area contributed by atoms with Crippen LogP contribution in [0.15, 0.2) is 0 Å². The Morgan fingerprint density at radius 1 is 1.22 bits per heavy atom. The molecule has 0 aromatic rings. The van der Waals surface area contributed by atoms with Crippen molar-refractivity contribution in [3.05, 3.63) is 0 Å². The Morgan fingerprint density at radius 2 is 1.89 bits per heavy atom. The molecular weight excluding hydrogens is 228 g/mol. The number of hydrogen-bond acceptors (Lipinski definition) is 3. The molecule has 0 aliphatic heterocycles. The van der Waals surface area contributed by atoms with Crippen LogP contribution in [0.5, 0.6) is 0 Å². The standard InChI is InChI=1S/C15H24O3/c1-13(2)6-9-10(7-13)14(3)4-5-15(14,12(9)18)11(17)8-16/h9-10,12,16,18H,4-8H2,1-3H3/t9?,10-,12-,14+,15+/m1/s1. The minimum atomic E-state index is -0.631. The third kappa shape index (κ3) is 1.16. The minimum absolute atomic E-state index is 0.0787. The number of aliphatic hydroxyl groups excluding tert-OH is 2. The maximum Gasteiger partial charge on any atom is 0.167 e. The number of fused-ring (bicyclic) bond motifs is 3. The summed E-state index contributed by atoms with van der Waals surface area (Å²) in [5.74, 6) is 0.575. The van der Waals surface area contributed by atoms with Crippen LogP contribution < -0.4 is 0 Å². The summed E-state index contributed by atoms with van der Waals surface area (Å²) in [7, 11) is 0. The maximum atomic E-state index is 12.2. The van der Waals surface area contributed by atoms with E-state index in [1.165, 1.54) is 0 Å². The highest BCUT2D eigenvalue weighted by atomic mass is 16.3. The molecule has 3 aliphatic rings. The van der Waals surface area contributed by atoms with Crippen molar-refractivity contribution in [2.45, 2.75) is 52.6 Å². The zero-order valence-electron chi connectivity index (χ0n) is 11.6. The zero-order valence-corrected chi connectivity index (χ0v) is 11.6. The SMILES string of the molecule is CC1(C)CC2[C@@H](C1)[C@]1(C)CC[C@]1(C(=O)CO)[C@@H]2O. The first-order chi connectivity index (χ1) is 8.28. The molecule has 0 amide bonds. The number of carbonyl (C=O) groups excluding carboxylic acids is 1. The van der Waals surface area contributed by atoms with Gasteiger partial charge in [-0.1, -0.05) is 20.8 Å². The summed E-state index contributed by atoms with van der Waals surface area (Å²) >= 11 is 0. The second kappa shape index (κ2) is 3.37. The van der Waals surface area contributed by atoms with E-state index in [4.69, 9.17) is 0 Å². The lowest BCUT2D eigenvalue weighted by atomic mass is 9.47. The highest BCUT2D eigenvalue weighted by molar-refractivity contribution is 5.89. The molecule has 3 aliphatic carbocycles. The molecule has 0 radical (unpaired) electrons. The second-order valence-corrected chi connectivity index (χ2v) is 7.76. The van der Waals surface area contributed by atoms with Crippen LogP contribution in [-0.2, 0) is 4.79 Å². The van der Waals surface area contributed by atoms with E-state index in [-0.39, 0.29) is 22.5 Å². The van der Waals surface area contributed by atoms with Crippen LogP contribution in [0.25, 0.3) is 0 Å². The molecule has 0 aromatic heterocycles. The van der Waals surface area contributed by atoms with Crippen LogP contribution in [0.3, 0.4) is 0 Å². The number of Topliss-reactive ketones (excluding diaryl/α,β-unsaturated/α-hetero) is 1. The van der Waals surface area contributed by atoms with Gasteiger partial charge in [-0.05, 0) is 48.3 Å². The molecule has 0 saturated heterocycles. The largest absolute Gasteiger partial charge is 0.392 e. The van der Waals surface area contributed by atoms with Gasteiger partial charge >= 0.3 is 0 Å². The molecule has 102 valence electrons. The van der Waals surface area contributed by atoms with Crippen molar-refractivity contribution in [2.75, 3.05) is 6.61 Å². The molecule has 5 atom stereocenters. The predicted molar refractivity (Wildman–Crippen MR) is 67.9 cm³/mol. The van der Waals surface area contributed by atoms with Gasteiger partial charge in [-0.3, -0.25) is 4.79 Å². The normalized spacial score (nSPS) is 52.6. The van der Waals surface area contributed by atoms with Crippen LogP contribution >= 0.6 is 0 Å². The summed E-state index contributed by atoms with van der Waals surface area (Å²) in [6.45, 7) is 6.26. The van der Waals surface area contributed by atoms with Crippen LogP contribution in [0.2, 0.25) is 0 Å². The Kier molecular flexibility index (Phi) is 2.36. The van der Waals surface area contributed by atoms with Gasteiger partial charge in [-0.15, -0.1) is 0 Å². The van der Waals surface area contributed by atoms with E-state index in [0.717, 1.165) is 25.7 Å². The van der Waals surface area contributed by atoms with Crippen LogP contribution in [0, 0.1) is 28.1 Å². The fourth-order valence-corrected chi connectivity index (χ4v) is 5.56. The van der Waals surface area contributed by atoms with Crippen molar-refractivity contribution in [3.8, 4) is 0 Å². The van der Waals surface area contributed by atoms with Gasteiger partial charge in [0.2, 0.25) is 0 Å². The van der Waals surface area contributed by atoms with Crippen molar-refractivity contribution < 1.29 is 15.0 Å². The zero-order chi connectivity index (χ0) is 13.3. The van der Waals surface area contributed by atoms with E-state index in [0.29, 0.717) is 5.92 Å². The molecule has 3 fully saturated rings. The smallest absolute Gasteiger partial charge is 0.167 e. The summed E-state index contributed by atoms with van der Waals surface area (Å²) in [5.41, 5.74) is -0.429. The topological polar surface area (TPSA) is 57.5 Å². The van der Waals surface area contributed by atoms with Gasteiger partial charge in [0.05, 0.1) is 11.5 Å². The molecule has 3 saturated carbocycles. The van der Waals surface area contributed by atoms with E-state index in [1.54, 1.807) is 0 Å². The lowest BCUT2D eigenvalue weighted by Gasteiger charge is -2.56. The highest BCUT2D eigenvalue weighted by Gasteiger charge is 2.75. The minimum Gasteiger partial charge on any atom is -0.392 e. The monoisotopic (exact) mass is 252 g/mol. The molecule has 2 N–H and O–H groups in total. The average Bonchev–Trinajstić information content (AvgIpc) is 2.66. The summed E-state index contributed by atoms with van der Waals surface area (Å²) in [6.07, 6.45) is 3.35. The van der Waals surface area contributed by atoms with Crippen molar-refractivity contribution in [1.82, 2.24) is 0 Å². The van der Waals surface area contributed by atoms with E-state index in [9.17, 15) is 15.0 Å². The number of carbonyl (C=O) groups is 1. The number of aliphatic hydroxyl groups is 2. The van der Waals surface area contributed by atoms with Gasteiger partial charge in [0, 0.05) is 0 Å². The van der Waals surface area contributed by atoms with Crippen LogP contribution in [0.1, 0.15) is 46.5 Å². The maximum absolute atomic E-state index is 12.2. The quantitative estimate of drug-likeness (QED) is 0.787. The van der Waals surface area contributed by atoms with Gasteiger partial charge in [-0.25, -0.2) is 0 Å². The molecule has 1 unspecified atom stereocenters. The van der Waals surface area contributed by atoms with Gasteiger partial charge in [-0.2, -0.15) is 0 Å². The first kappa shape index (κ1) is 12.6. The molecular formula is C15H24O3. The van der Waals surface area contributed by atoms with Crippen molar-refractivity contribution in [2.24, 2.45) is 28.1 Å². The Labute approximate surface area is 109 Å². The molecule has 0 aromatic carbocycles. The number of ketones is 1. The van der Waals surface area contributed by atoms with Crippen molar-refractivity contribution in [3.63, 3.8) is 0 Å². The number of hydrogen-bond donors (Lipinski definition) is 2. The lowest BCUT2D eigenvalue weighted by molar-refractivity contribution is -0.168. The second-order valence-electron chi connectivity index (χ2n) is 7.76. The Morgan fingerprint density at radius 3 is 2.39 bits per heavy atom. The van der Waals surface area contributed by atoms with Gasteiger partial charge in [0.25, 0.3) is 0 Å². The molecule has 18 heavy (non-hydrogen) atoms. The number of rotatable bonds is 2. The first-order valence-electron chi connectivity index (χ1n) is 7.11. The predicted octanol–water partition coefficient (Wildman–Crippen LogP) is 1.76. The summed E-state index contributed by atoms with van der Waals surface area (Å²) in [6, 6.07) is 0. The highest BCUT2D eigenvalue weighted by Crippen LogP contribution is 2.75. The average molecular weight is 252 g/mol. The third-order valence-electron chi connectivity index (χ3n) is 6.51. The van der Waals surface area contributed by atoms with Gasteiger partial charge < -0.3 is 10.2 Å². The lowest BCUT2D eigenvalue weighted by Crippen LogP contribution is -2.59. The molecule has 3 rings (SSSR count). The summed E-state index contributed by atoms with van der Waals surface area (Å²) in [5, 5.41) is 20.0. The van der Waals surface area contributed by atoms with Crippen molar-refractivity contribution in [1.29, 1.82) is 0 Å². The third-order valence-corrected chi connectivity index (χ3v) is 6.51. The van der Waals surface area contributed by atoms with Crippen molar-refractivity contribution >= 4 is 5.78 Å². The van der Waals surface area contributed by atoms with E-state index in [1.807, 2.05) is 0 Å². The Balaban J connectivity index is 2.01. The van der Waals surface area contributed by atoms with Crippen LogP contribution in [-0.4, -0.2) is 28.7 Å². The fourth-order valence-electron chi connectivity index (χ4n) is 5.56. The molecule has 3 nitrogen and oxygen atoms in total. The summed E-state index contributed by atoms with van der Waals surface area (Å²) in [4.78, 5) is 12.2.